The Hall–Kier alpha value is -0.580. The summed E-state index contributed by atoms with van der Waals surface area (Å²) >= 11 is 8.05. The van der Waals surface area contributed by atoms with Crippen molar-refractivity contribution in [1.29, 1.82) is 0 Å². The normalized spacial score (nSPS) is 27.5. The summed E-state index contributed by atoms with van der Waals surface area (Å²) in [5.41, 5.74) is 0.213. The van der Waals surface area contributed by atoms with Gasteiger partial charge in [-0.3, -0.25) is 0 Å². The van der Waals surface area contributed by atoms with E-state index in [0.29, 0.717) is 16.7 Å². The molecular weight excluding hydrogens is 392 g/mol. The first kappa shape index (κ1) is 22.1. The summed E-state index contributed by atoms with van der Waals surface area (Å²) in [7, 11) is 0. The molecule has 0 aromatic carbocycles. The summed E-state index contributed by atoms with van der Waals surface area (Å²) in [6, 6.07) is 3.67. The second-order valence-electron chi connectivity index (χ2n) is 9.00. The Labute approximate surface area is 178 Å². The van der Waals surface area contributed by atoms with Gasteiger partial charge in [0.25, 0.3) is 0 Å². The van der Waals surface area contributed by atoms with Gasteiger partial charge in [-0.15, -0.1) is 22.9 Å². The summed E-state index contributed by atoms with van der Waals surface area (Å²) in [4.78, 5) is 12.6. The van der Waals surface area contributed by atoms with Crippen LogP contribution in [-0.2, 0) is 6.42 Å². The van der Waals surface area contributed by atoms with E-state index in [1.54, 1.807) is 6.07 Å². The second kappa shape index (κ2) is 9.95. The number of alkyl halides is 1. The number of hydrogen-bond acceptors (Lipinski definition) is 3. The van der Waals surface area contributed by atoms with Gasteiger partial charge in [0.05, 0.1) is 6.10 Å². The van der Waals surface area contributed by atoms with Crippen LogP contribution in [0.2, 0.25) is 0 Å². The lowest BCUT2D eigenvalue weighted by Crippen LogP contribution is -2.40. The number of rotatable bonds is 11. The smallest absolute Gasteiger partial charge is 0.345 e. The molecule has 1 aromatic heterocycles. The first-order chi connectivity index (χ1) is 13.4. The SMILES string of the molecule is CCC1(C(O)CCC[C@@H]2[C@@H](CCCc3ccc(C(=O)O)s3)CC[C@H]2Cl)CCC1. The Morgan fingerprint density at radius 3 is 2.68 bits per heavy atom. The van der Waals surface area contributed by atoms with Crippen molar-refractivity contribution in [2.75, 3.05) is 0 Å². The third-order valence-corrected chi connectivity index (χ3v) is 9.20. The summed E-state index contributed by atoms with van der Waals surface area (Å²) in [5, 5.41) is 20.0. The van der Waals surface area contributed by atoms with Gasteiger partial charge in [-0.1, -0.05) is 19.8 Å². The van der Waals surface area contributed by atoms with Crippen LogP contribution in [0.4, 0.5) is 0 Å². The van der Waals surface area contributed by atoms with E-state index in [1.807, 2.05) is 6.07 Å². The highest BCUT2D eigenvalue weighted by Gasteiger charge is 2.41. The predicted molar refractivity (Wildman–Crippen MR) is 117 cm³/mol. The number of carbonyl (C=O) groups is 1. The Morgan fingerprint density at radius 2 is 2.07 bits per heavy atom. The zero-order valence-electron chi connectivity index (χ0n) is 17.0. The fourth-order valence-electron chi connectivity index (χ4n) is 5.44. The number of aliphatic hydroxyl groups excluding tert-OH is 1. The van der Waals surface area contributed by atoms with E-state index >= 15 is 0 Å². The highest BCUT2D eigenvalue weighted by Crippen LogP contribution is 2.48. The Balaban J connectivity index is 1.41. The lowest BCUT2D eigenvalue weighted by atomic mass is 9.62. The van der Waals surface area contributed by atoms with Crippen molar-refractivity contribution in [2.45, 2.75) is 95.5 Å². The number of hydrogen-bond donors (Lipinski definition) is 2. The van der Waals surface area contributed by atoms with E-state index in [-0.39, 0.29) is 16.9 Å². The number of aliphatic hydroxyl groups is 1. The van der Waals surface area contributed by atoms with Gasteiger partial charge < -0.3 is 10.2 Å². The summed E-state index contributed by atoms with van der Waals surface area (Å²) < 4.78 is 0. The molecule has 3 nitrogen and oxygen atoms in total. The predicted octanol–water partition coefficient (Wildman–Crippen LogP) is 6.51. The van der Waals surface area contributed by atoms with Crippen LogP contribution in [0.5, 0.6) is 0 Å². The molecule has 158 valence electrons. The van der Waals surface area contributed by atoms with E-state index in [1.165, 1.54) is 48.3 Å². The minimum Gasteiger partial charge on any atom is -0.477 e. The minimum atomic E-state index is -0.828. The molecule has 2 fully saturated rings. The molecule has 5 heteroatoms. The fraction of sp³-hybridized carbons (Fsp3) is 0.783. The van der Waals surface area contributed by atoms with Crippen molar-refractivity contribution in [2.24, 2.45) is 17.3 Å². The summed E-state index contributed by atoms with van der Waals surface area (Å²) in [6.45, 7) is 2.22. The first-order valence-electron chi connectivity index (χ1n) is 11.1. The van der Waals surface area contributed by atoms with E-state index in [4.69, 9.17) is 16.7 Å². The van der Waals surface area contributed by atoms with Gasteiger partial charge in [0.2, 0.25) is 0 Å². The van der Waals surface area contributed by atoms with Crippen molar-refractivity contribution in [3.63, 3.8) is 0 Å². The number of aryl methyl sites for hydroxylation is 1. The van der Waals surface area contributed by atoms with Gasteiger partial charge in [-0.2, -0.15) is 0 Å². The molecule has 0 amide bonds. The molecular formula is C23H35ClO3S. The third-order valence-electron chi connectivity index (χ3n) is 7.53. The van der Waals surface area contributed by atoms with Crippen LogP contribution in [0.3, 0.4) is 0 Å². The minimum absolute atomic E-state index is 0.137. The average Bonchev–Trinajstić information content (AvgIpc) is 3.23. The van der Waals surface area contributed by atoms with Crippen molar-refractivity contribution in [1.82, 2.24) is 0 Å². The van der Waals surface area contributed by atoms with E-state index in [2.05, 4.69) is 6.92 Å². The zero-order chi connectivity index (χ0) is 20.1. The van der Waals surface area contributed by atoms with Crippen LogP contribution in [0.1, 0.15) is 92.1 Å². The van der Waals surface area contributed by atoms with Gasteiger partial charge in [0.15, 0.2) is 0 Å². The van der Waals surface area contributed by atoms with Gasteiger partial charge in [0, 0.05) is 10.3 Å². The quantitative estimate of drug-likeness (QED) is 0.396. The number of halogens is 1. The molecule has 28 heavy (non-hydrogen) atoms. The molecule has 0 aliphatic heterocycles. The van der Waals surface area contributed by atoms with Gasteiger partial charge >= 0.3 is 5.97 Å². The fourth-order valence-corrected chi connectivity index (χ4v) is 6.79. The Morgan fingerprint density at radius 1 is 1.29 bits per heavy atom. The molecule has 4 atom stereocenters. The molecule has 2 N–H and O–H groups in total. The van der Waals surface area contributed by atoms with Gasteiger partial charge in [0.1, 0.15) is 4.88 Å². The van der Waals surface area contributed by atoms with Crippen LogP contribution in [0.25, 0.3) is 0 Å². The van der Waals surface area contributed by atoms with E-state index in [9.17, 15) is 9.90 Å². The number of carboxylic acid groups (broad SMARTS) is 1. The number of carboxylic acids is 1. The summed E-state index contributed by atoms with van der Waals surface area (Å²) in [6.07, 6.45) is 13.3. The van der Waals surface area contributed by atoms with Gasteiger partial charge in [-0.05, 0) is 93.6 Å². The molecule has 2 saturated carbocycles. The molecule has 0 saturated heterocycles. The van der Waals surface area contributed by atoms with Crippen LogP contribution in [0, 0.1) is 17.3 Å². The average molecular weight is 427 g/mol. The van der Waals surface area contributed by atoms with Gasteiger partial charge in [-0.25, -0.2) is 4.79 Å². The highest BCUT2D eigenvalue weighted by molar-refractivity contribution is 7.13. The first-order valence-corrected chi connectivity index (χ1v) is 12.3. The van der Waals surface area contributed by atoms with Crippen molar-refractivity contribution in [3.8, 4) is 0 Å². The highest BCUT2D eigenvalue weighted by atomic mass is 35.5. The molecule has 0 spiro atoms. The van der Waals surface area contributed by atoms with E-state index < -0.39 is 5.97 Å². The Kier molecular flexibility index (Phi) is 7.86. The van der Waals surface area contributed by atoms with Crippen LogP contribution in [0.15, 0.2) is 12.1 Å². The maximum atomic E-state index is 11.0. The molecule has 0 radical (unpaired) electrons. The summed E-state index contributed by atoms with van der Waals surface area (Å²) in [5.74, 6) is 0.430. The number of aromatic carboxylic acids is 1. The molecule has 1 aromatic rings. The third kappa shape index (κ3) is 5.12. The number of thiophene rings is 1. The lowest BCUT2D eigenvalue weighted by molar-refractivity contribution is -0.0437. The molecule has 1 heterocycles. The maximum absolute atomic E-state index is 11.0. The standard InChI is InChI=1S/C23H35ClO3S/c1-2-23(14-5-15-23)21(25)9-4-8-18-16(10-12-19(18)24)6-3-7-17-11-13-20(28-17)22(26)27/h11,13,16,18-19,21,25H,2-10,12,14-15H2,1H3,(H,26,27)/t16-,18+,19+,21?/m0/s1. The molecule has 3 rings (SSSR count). The van der Waals surface area contributed by atoms with E-state index in [0.717, 1.165) is 44.9 Å². The Bertz CT molecular complexity index is 634. The monoisotopic (exact) mass is 426 g/mol. The molecule has 0 bridgehead atoms. The van der Waals surface area contributed by atoms with Crippen LogP contribution < -0.4 is 0 Å². The maximum Gasteiger partial charge on any atom is 0.345 e. The lowest BCUT2D eigenvalue weighted by Gasteiger charge is -2.45. The topological polar surface area (TPSA) is 57.5 Å². The molecule has 2 aliphatic carbocycles. The largest absolute Gasteiger partial charge is 0.477 e. The van der Waals surface area contributed by atoms with Crippen LogP contribution in [-0.4, -0.2) is 27.7 Å². The van der Waals surface area contributed by atoms with Crippen molar-refractivity contribution >= 4 is 28.9 Å². The second-order valence-corrected chi connectivity index (χ2v) is 10.7. The molecule has 1 unspecified atom stereocenters. The zero-order valence-corrected chi connectivity index (χ0v) is 18.6. The van der Waals surface area contributed by atoms with Crippen molar-refractivity contribution in [3.05, 3.63) is 21.9 Å². The van der Waals surface area contributed by atoms with Crippen LogP contribution >= 0.6 is 22.9 Å². The van der Waals surface area contributed by atoms with Crippen molar-refractivity contribution < 1.29 is 15.0 Å². The molecule has 2 aliphatic rings.